The smallest absolute Gasteiger partial charge is 0.166 e. The van der Waals surface area contributed by atoms with Crippen molar-refractivity contribution in [1.29, 1.82) is 0 Å². The maximum atomic E-state index is 6.24. The first kappa shape index (κ1) is 42.3. The van der Waals surface area contributed by atoms with E-state index in [1.165, 1.54) is 5.39 Å². The van der Waals surface area contributed by atoms with Crippen LogP contribution >= 0.6 is 0 Å². The van der Waals surface area contributed by atoms with Crippen LogP contribution in [0.5, 0.6) is 0 Å². The van der Waals surface area contributed by atoms with Crippen molar-refractivity contribution in [3.63, 3.8) is 0 Å². The lowest BCUT2D eigenvalue weighted by Gasteiger charge is -2.16. The highest BCUT2D eigenvalue weighted by molar-refractivity contribution is 6.19. The quantitative estimate of drug-likeness (QED) is 0.149. The third-order valence-electron chi connectivity index (χ3n) is 14.2. The van der Waals surface area contributed by atoms with Gasteiger partial charge in [0.25, 0.3) is 0 Å². The summed E-state index contributed by atoms with van der Waals surface area (Å²) in [5.41, 5.74) is 13.0. The van der Waals surface area contributed by atoms with Crippen LogP contribution in [0.2, 0.25) is 0 Å². The molecule has 15 rings (SSSR count). The van der Waals surface area contributed by atoms with Crippen molar-refractivity contribution in [1.82, 2.24) is 39.0 Å². The summed E-state index contributed by atoms with van der Waals surface area (Å²) >= 11 is 0. The first-order valence-corrected chi connectivity index (χ1v) is 24.9. The van der Waals surface area contributed by atoms with E-state index < -0.39 is 0 Å². The van der Waals surface area contributed by atoms with Gasteiger partial charge in [-0.05, 0) is 78.9 Å². The average Bonchev–Trinajstić information content (AvgIpc) is 4.15. The molecule has 5 aromatic heterocycles. The van der Waals surface area contributed by atoms with Gasteiger partial charge in [-0.2, -0.15) is 0 Å². The maximum Gasteiger partial charge on any atom is 0.166 e. The van der Waals surface area contributed by atoms with Crippen LogP contribution in [0, 0.1) is 0 Å². The first-order chi connectivity index (χ1) is 37.2. The lowest BCUT2D eigenvalue weighted by Crippen LogP contribution is -2.05. The van der Waals surface area contributed by atoms with Gasteiger partial charge in [0.2, 0.25) is 0 Å². The van der Waals surface area contributed by atoms with E-state index in [0.717, 1.165) is 105 Å². The highest BCUT2D eigenvalue weighted by Gasteiger charge is 2.24. The zero-order valence-electron chi connectivity index (χ0n) is 40.1. The Kier molecular flexibility index (Phi) is 9.67. The van der Waals surface area contributed by atoms with Gasteiger partial charge < -0.3 is 13.6 Å². The molecule has 350 valence electrons. The van der Waals surface area contributed by atoms with E-state index in [-0.39, 0.29) is 0 Å². The predicted molar refractivity (Wildman–Crippen MR) is 302 cm³/mol. The first-order valence-electron chi connectivity index (χ1n) is 24.9. The molecule has 0 aliphatic carbocycles. The summed E-state index contributed by atoms with van der Waals surface area (Å²) in [6.45, 7) is 0. The second kappa shape index (κ2) is 17.1. The van der Waals surface area contributed by atoms with Gasteiger partial charge >= 0.3 is 0 Å². The Morgan fingerprint density at radius 3 is 1.24 bits per heavy atom. The van der Waals surface area contributed by atoms with Crippen LogP contribution in [0.25, 0.3) is 145 Å². The largest absolute Gasteiger partial charge is 0.456 e. The van der Waals surface area contributed by atoms with Crippen LogP contribution in [0.3, 0.4) is 0 Å². The SMILES string of the molecule is c1ccc(-c2nc(-c3ccc(-n4c5ccccc5c5cc6c(cc54)c4ccccc4n6-c4ccccc4)c(-c4nc(-c5ccccc5)nc(-c5ccccc5)n4)c3)nc(-c3ccc4oc5ccccc5c4c3)n2)cc1. The number of hydrogen-bond donors (Lipinski definition) is 0. The summed E-state index contributed by atoms with van der Waals surface area (Å²) in [6, 6.07) is 83.5. The van der Waals surface area contributed by atoms with Gasteiger partial charge in [0.15, 0.2) is 34.9 Å². The number of aromatic nitrogens is 8. The van der Waals surface area contributed by atoms with Gasteiger partial charge in [0.1, 0.15) is 11.2 Å². The number of benzene rings is 10. The molecule has 0 amide bonds. The molecule has 0 radical (unpaired) electrons. The molecule has 0 N–H and O–H groups in total. The van der Waals surface area contributed by atoms with Gasteiger partial charge in [0.05, 0.1) is 27.8 Å². The van der Waals surface area contributed by atoms with E-state index in [2.05, 4.69) is 130 Å². The zero-order chi connectivity index (χ0) is 49.4. The molecule has 75 heavy (non-hydrogen) atoms. The summed E-state index contributed by atoms with van der Waals surface area (Å²) in [4.78, 5) is 31.6. The number of hydrogen-bond acceptors (Lipinski definition) is 7. The van der Waals surface area contributed by atoms with E-state index in [1.807, 2.05) is 121 Å². The van der Waals surface area contributed by atoms with Crippen LogP contribution in [0.15, 0.2) is 247 Å². The number of fused-ring (bicyclic) bond motifs is 9. The van der Waals surface area contributed by atoms with Crippen molar-refractivity contribution in [2.24, 2.45) is 0 Å². The summed E-state index contributed by atoms with van der Waals surface area (Å²) in [5.74, 6) is 3.21. The third-order valence-corrected chi connectivity index (χ3v) is 14.2. The Hall–Kier alpha value is -10.4. The monoisotopic (exact) mass is 960 g/mol. The molecule has 0 atom stereocenters. The molecule has 0 unspecified atom stereocenters. The van der Waals surface area contributed by atoms with Crippen LogP contribution in [0.1, 0.15) is 0 Å². The van der Waals surface area contributed by atoms with E-state index in [0.29, 0.717) is 34.9 Å². The molecule has 0 bridgehead atoms. The van der Waals surface area contributed by atoms with Gasteiger partial charge in [-0.25, -0.2) is 29.9 Å². The second-order valence-electron chi connectivity index (χ2n) is 18.7. The van der Waals surface area contributed by atoms with Crippen LogP contribution < -0.4 is 0 Å². The van der Waals surface area contributed by atoms with Gasteiger partial charge in [-0.15, -0.1) is 0 Å². The maximum absolute atomic E-state index is 6.24. The molecule has 0 aliphatic heterocycles. The van der Waals surface area contributed by atoms with Crippen molar-refractivity contribution in [3.05, 3.63) is 243 Å². The fraction of sp³-hybridized carbons (Fsp3) is 0. The Labute approximate surface area is 429 Å². The highest BCUT2D eigenvalue weighted by Crippen LogP contribution is 2.42. The van der Waals surface area contributed by atoms with Crippen LogP contribution in [0.4, 0.5) is 0 Å². The summed E-state index contributed by atoms with van der Waals surface area (Å²) in [5, 5.41) is 6.58. The number of rotatable bonds is 8. The average molecular weight is 961 g/mol. The molecule has 9 nitrogen and oxygen atoms in total. The minimum atomic E-state index is 0.502. The number of nitrogens with zero attached hydrogens (tertiary/aromatic N) is 8. The van der Waals surface area contributed by atoms with Crippen molar-refractivity contribution in [2.45, 2.75) is 0 Å². The van der Waals surface area contributed by atoms with Crippen molar-refractivity contribution in [3.8, 4) is 79.7 Å². The Morgan fingerprint density at radius 1 is 0.253 bits per heavy atom. The van der Waals surface area contributed by atoms with Crippen LogP contribution in [-0.4, -0.2) is 39.0 Å². The fourth-order valence-corrected chi connectivity index (χ4v) is 10.7. The van der Waals surface area contributed by atoms with Crippen molar-refractivity contribution in [2.75, 3.05) is 0 Å². The predicted octanol–water partition coefficient (Wildman–Crippen LogP) is 16.2. The van der Waals surface area contributed by atoms with E-state index in [9.17, 15) is 0 Å². The fourth-order valence-electron chi connectivity index (χ4n) is 10.7. The zero-order valence-corrected chi connectivity index (χ0v) is 40.1. The summed E-state index contributed by atoms with van der Waals surface area (Å²) in [7, 11) is 0. The number of furan rings is 1. The molecule has 9 heteroatoms. The molecule has 5 heterocycles. The summed E-state index contributed by atoms with van der Waals surface area (Å²) in [6.07, 6.45) is 0. The standard InChI is InChI=1S/C66H40N8O/c1-5-19-41(20-6-1)61-68-64(70-65(69-61)45-34-36-60-52(37-45)49-29-15-18-32-59(49)75-60)44-33-35-56(53(38-44)66-71-62(42-21-7-2-8-22-42)67-63(72-66)43-23-9-3-10-24-43)74-55-31-17-14-28-48(55)51-39-57-50(40-58(51)74)47-27-13-16-30-54(47)73(57)46-25-11-4-12-26-46/h1-40H. The lowest BCUT2D eigenvalue weighted by molar-refractivity contribution is 0.669. The van der Waals surface area contributed by atoms with E-state index in [4.69, 9.17) is 34.3 Å². The van der Waals surface area contributed by atoms with Crippen molar-refractivity contribution < 1.29 is 4.42 Å². The molecule has 0 spiro atoms. The molecule has 15 aromatic rings. The summed E-state index contributed by atoms with van der Waals surface area (Å²) < 4.78 is 11.0. The minimum absolute atomic E-state index is 0.502. The van der Waals surface area contributed by atoms with Crippen LogP contribution in [-0.2, 0) is 0 Å². The molecule has 0 aliphatic rings. The van der Waals surface area contributed by atoms with E-state index in [1.54, 1.807) is 0 Å². The van der Waals surface area contributed by atoms with Gasteiger partial charge in [0, 0.05) is 71.4 Å². The normalized spacial score (nSPS) is 11.7. The molecule has 0 saturated carbocycles. The van der Waals surface area contributed by atoms with E-state index >= 15 is 0 Å². The Morgan fingerprint density at radius 2 is 0.667 bits per heavy atom. The highest BCUT2D eigenvalue weighted by atomic mass is 16.3. The molecule has 0 fully saturated rings. The van der Waals surface area contributed by atoms with Gasteiger partial charge in [-0.3, -0.25) is 0 Å². The van der Waals surface area contributed by atoms with Crippen molar-refractivity contribution >= 4 is 65.6 Å². The number of para-hydroxylation sites is 4. The Bertz CT molecular complexity index is 4640. The van der Waals surface area contributed by atoms with Gasteiger partial charge in [-0.1, -0.05) is 164 Å². The molecular weight excluding hydrogens is 921 g/mol. The molecular formula is C66H40N8O. The molecule has 0 saturated heterocycles. The molecule has 10 aromatic carbocycles. The topological polar surface area (TPSA) is 100 Å². The Balaban J connectivity index is 1.01. The lowest BCUT2D eigenvalue weighted by atomic mass is 10.0. The third kappa shape index (κ3) is 7.09. The second-order valence-corrected chi connectivity index (χ2v) is 18.7. The minimum Gasteiger partial charge on any atom is -0.456 e.